The monoisotopic (exact) mass is 327 g/mol. The summed E-state index contributed by atoms with van der Waals surface area (Å²) in [5, 5.41) is 6.15. The second-order valence-corrected chi connectivity index (χ2v) is 5.48. The van der Waals surface area contributed by atoms with Gasteiger partial charge in [0.15, 0.2) is 11.9 Å². The van der Waals surface area contributed by atoms with Crippen molar-refractivity contribution in [2.75, 3.05) is 11.5 Å². The molecule has 0 aliphatic heterocycles. The molecule has 0 aliphatic carbocycles. The van der Waals surface area contributed by atoms with Gasteiger partial charge in [-0.15, -0.1) is 0 Å². The molecule has 0 saturated carbocycles. The first-order chi connectivity index (χ1) is 7.92. The van der Waals surface area contributed by atoms with E-state index < -0.39 is 25.8 Å². The summed E-state index contributed by atoms with van der Waals surface area (Å²) in [6.07, 6.45) is -0.0105. The summed E-state index contributed by atoms with van der Waals surface area (Å²) in [5.74, 6) is -0.363. The number of aromatic nitrogens is 3. The van der Waals surface area contributed by atoms with Gasteiger partial charge in [-0.05, 0) is 0 Å². The number of aromatic amines is 1. The van der Waals surface area contributed by atoms with E-state index >= 15 is 0 Å². The largest absolute Gasteiger partial charge is 0.453 e. The third-order valence-electron chi connectivity index (χ3n) is 1.79. The highest BCUT2D eigenvalue weighted by Crippen LogP contribution is 2.37. The van der Waals surface area contributed by atoms with Crippen molar-refractivity contribution in [3.8, 4) is 0 Å². The zero-order valence-electron chi connectivity index (χ0n) is 8.61. The van der Waals surface area contributed by atoms with E-state index in [9.17, 15) is 9.36 Å². The molecule has 0 aromatic carbocycles. The Kier molecular flexibility index (Phi) is 5.26. The van der Waals surface area contributed by atoms with E-state index in [-0.39, 0.29) is 17.6 Å². The molecular formula is C7H11BrN3O5P. The van der Waals surface area contributed by atoms with Gasteiger partial charge in [0.1, 0.15) is 11.7 Å². The number of hydrogen-bond acceptors (Lipinski definition) is 5. The quantitative estimate of drug-likeness (QED) is 0.391. The van der Waals surface area contributed by atoms with E-state index in [2.05, 4.69) is 31.1 Å². The smallest absolute Gasteiger partial charge is 0.325 e. The van der Waals surface area contributed by atoms with E-state index in [4.69, 9.17) is 14.5 Å². The normalized spacial score (nSPS) is 13.4. The van der Waals surface area contributed by atoms with Crippen LogP contribution in [0, 0.1) is 0 Å². The van der Waals surface area contributed by atoms with Crippen molar-refractivity contribution in [3.63, 3.8) is 0 Å². The first-order valence-corrected chi connectivity index (χ1v) is 7.50. The average Bonchev–Trinajstić information content (AvgIpc) is 2.75. The van der Waals surface area contributed by atoms with Crippen molar-refractivity contribution < 1.29 is 23.9 Å². The van der Waals surface area contributed by atoms with Crippen LogP contribution in [0.25, 0.3) is 0 Å². The van der Waals surface area contributed by atoms with Crippen LogP contribution < -0.4 is 0 Å². The van der Waals surface area contributed by atoms with Crippen molar-refractivity contribution in [2.24, 2.45) is 0 Å². The van der Waals surface area contributed by atoms with Crippen LogP contribution in [0.5, 0.6) is 0 Å². The number of nitrogens with one attached hydrogen (secondary N) is 1. The predicted octanol–water partition coefficient (Wildman–Crippen LogP) is 0.352. The molecule has 0 aliphatic rings. The Bertz CT molecular complexity index is 406. The Morgan fingerprint density at radius 3 is 2.82 bits per heavy atom. The molecule has 0 bridgehead atoms. The number of nitrogens with zero attached hydrogens (tertiary/aromatic N) is 2. The topological polar surface area (TPSA) is 125 Å². The van der Waals surface area contributed by atoms with Gasteiger partial charge in [-0.2, -0.15) is 5.10 Å². The summed E-state index contributed by atoms with van der Waals surface area (Å²) in [6.45, 7) is 0. The molecule has 1 heterocycles. The molecule has 0 spiro atoms. The van der Waals surface area contributed by atoms with E-state index in [1.54, 1.807) is 0 Å². The summed E-state index contributed by atoms with van der Waals surface area (Å²) in [6, 6.07) is 0. The molecule has 0 radical (unpaired) electrons. The Hall–Kier alpha value is -0.760. The molecule has 1 aromatic heterocycles. The second-order valence-electron chi connectivity index (χ2n) is 3.15. The number of halogens is 1. The molecule has 1 unspecified atom stereocenters. The molecule has 17 heavy (non-hydrogen) atoms. The molecular weight excluding hydrogens is 317 g/mol. The van der Waals surface area contributed by atoms with Crippen molar-refractivity contribution in [1.29, 1.82) is 0 Å². The van der Waals surface area contributed by atoms with Gasteiger partial charge in [0.05, 0.1) is 6.16 Å². The molecule has 1 atom stereocenters. The molecule has 10 heteroatoms. The number of ether oxygens (including phenoxy) is 1. The van der Waals surface area contributed by atoms with Gasteiger partial charge in [0.2, 0.25) is 0 Å². The summed E-state index contributed by atoms with van der Waals surface area (Å²) >= 11 is 2.92. The van der Waals surface area contributed by atoms with Crippen LogP contribution in [-0.4, -0.2) is 42.4 Å². The first-order valence-electron chi connectivity index (χ1n) is 4.58. The third-order valence-corrected chi connectivity index (χ3v) is 3.09. The molecule has 0 fully saturated rings. The number of rotatable bonds is 6. The van der Waals surface area contributed by atoms with Gasteiger partial charge >= 0.3 is 13.6 Å². The van der Waals surface area contributed by atoms with Gasteiger partial charge in [-0.1, -0.05) is 15.9 Å². The minimum atomic E-state index is -4.14. The van der Waals surface area contributed by atoms with Gasteiger partial charge in [0, 0.05) is 6.42 Å². The van der Waals surface area contributed by atoms with E-state index in [1.165, 1.54) is 6.33 Å². The molecule has 0 amide bonds. The summed E-state index contributed by atoms with van der Waals surface area (Å²) < 4.78 is 15.7. The molecule has 1 aromatic rings. The van der Waals surface area contributed by atoms with Crippen molar-refractivity contribution in [3.05, 3.63) is 12.2 Å². The Labute approximate surface area is 105 Å². The van der Waals surface area contributed by atoms with Gasteiger partial charge in [-0.25, -0.2) is 4.98 Å². The Morgan fingerprint density at radius 1 is 1.65 bits per heavy atom. The maximum atomic E-state index is 11.1. The number of hydrogen-bond donors (Lipinski definition) is 3. The highest BCUT2D eigenvalue weighted by atomic mass is 79.9. The molecule has 3 N–H and O–H groups in total. The number of carbonyl (C=O) groups is 1. The zero-order chi connectivity index (χ0) is 12.9. The fraction of sp³-hybridized carbons (Fsp3) is 0.571. The van der Waals surface area contributed by atoms with Gasteiger partial charge in [-0.3, -0.25) is 14.5 Å². The second kappa shape index (κ2) is 6.25. The van der Waals surface area contributed by atoms with Crippen LogP contribution >= 0.6 is 23.5 Å². The number of carbonyl (C=O) groups excluding carboxylic acids is 1. The van der Waals surface area contributed by atoms with Crippen LogP contribution in [0.1, 0.15) is 18.3 Å². The van der Waals surface area contributed by atoms with E-state index in [0.717, 1.165) is 0 Å². The zero-order valence-corrected chi connectivity index (χ0v) is 11.1. The number of esters is 1. The van der Waals surface area contributed by atoms with Crippen molar-refractivity contribution in [1.82, 2.24) is 15.2 Å². The maximum Gasteiger partial charge on any atom is 0.325 e. The fourth-order valence-electron chi connectivity index (χ4n) is 1.09. The highest BCUT2D eigenvalue weighted by molar-refractivity contribution is 9.09. The first kappa shape index (κ1) is 14.3. The minimum Gasteiger partial charge on any atom is -0.453 e. The molecule has 8 nitrogen and oxygen atoms in total. The average molecular weight is 328 g/mol. The third kappa shape index (κ3) is 5.40. The molecule has 0 saturated heterocycles. The van der Waals surface area contributed by atoms with Crippen LogP contribution in [0.2, 0.25) is 0 Å². The molecule has 1 rings (SSSR count). The van der Waals surface area contributed by atoms with E-state index in [0.29, 0.717) is 0 Å². The van der Waals surface area contributed by atoms with Crippen molar-refractivity contribution >= 4 is 29.5 Å². The summed E-state index contributed by atoms with van der Waals surface area (Å²) in [7, 11) is -4.14. The molecule has 96 valence electrons. The minimum absolute atomic E-state index is 0.0101. The Morgan fingerprint density at radius 2 is 2.35 bits per heavy atom. The lowest BCUT2D eigenvalue weighted by atomic mass is 10.2. The SMILES string of the molecule is O=C(CBr)OC(CCP(=O)(O)O)c1nc[nH]n1. The fourth-order valence-corrected chi connectivity index (χ4v) is 1.79. The predicted molar refractivity (Wildman–Crippen MR) is 60.5 cm³/mol. The lowest BCUT2D eigenvalue weighted by molar-refractivity contribution is -0.146. The van der Waals surface area contributed by atoms with Crippen LogP contribution in [-0.2, 0) is 14.1 Å². The van der Waals surface area contributed by atoms with Gasteiger partial charge in [0.25, 0.3) is 0 Å². The number of H-pyrrole nitrogens is 1. The van der Waals surface area contributed by atoms with Crippen LogP contribution in [0.3, 0.4) is 0 Å². The lowest BCUT2D eigenvalue weighted by Crippen LogP contribution is -2.15. The maximum absolute atomic E-state index is 11.1. The van der Waals surface area contributed by atoms with Crippen LogP contribution in [0.4, 0.5) is 0 Å². The highest BCUT2D eigenvalue weighted by Gasteiger charge is 2.24. The lowest BCUT2D eigenvalue weighted by Gasteiger charge is -2.14. The van der Waals surface area contributed by atoms with E-state index in [1.807, 2.05) is 0 Å². The summed E-state index contributed by atoms with van der Waals surface area (Å²) in [5.41, 5.74) is 0. The summed E-state index contributed by atoms with van der Waals surface area (Å²) in [4.78, 5) is 32.4. The Balaban J connectivity index is 2.66. The van der Waals surface area contributed by atoms with Crippen molar-refractivity contribution in [2.45, 2.75) is 12.5 Å². The van der Waals surface area contributed by atoms with Gasteiger partial charge < -0.3 is 14.5 Å². The van der Waals surface area contributed by atoms with Crippen LogP contribution in [0.15, 0.2) is 6.33 Å². The number of alkyl halides is 1. The standard InChI is InChI=1S/C7H11BrN3O5P/c8-3-6(12)16-5(1-2-17(13,14)15)7-9-4-10-11-7/h4-5H,1-3H2,(H,9,10,11)(H2,13,14,15).